The molecule has 1 amide bonds. The predicted molar refractivity (Wildman–Crippen MR) is 74.1 cm³/mol. The Morgan fingerprint density at radius 1 is 1.16 bits per heavy atom. The molecule has 19 heavy (non-hydrogen) atoms. The van der Waals surface area contributed by atoms with Gasteiger partial charge < -0.3 is 16.2 Å². The summed E-state index contributed by atoms with van der Waals surface area (Å²) < 4.78 is 0. The number of benzene rings is 1. The quantitative estimate of drug-likeness (QED) is 0.759. The van der Waals surface area contributed by atoms with Gasteiger partial charge in [-0.15, -0.1) is 0 Å². The van der Waals surface area contributed by atoms with E-state index in [2.05, 4.69) is 5.32 Å². The fourth-order valence-corrected chi connectivity index (χ4v) is 1.57. The maximum atomic E-state index is 11.4. The highest BCUT2D eigenvalue weighted by molar-refractivity contribution is 5.98. The smallest absolute Gasteiger partial charge is 0.311 e. The SMILES string of the molecule is CC(C)(Nc1ccccc1C(N)=O)C(C)(C)C(=O)O. The summed E-state index contributed by atoms with van der Waals surface area (Å²) in [6, 6.07) is 6.79. The van der Waals surface area contributed by atoms with Crippen LogP contribution < -0.4 is 11.1 Å². The van der Waals surface area contributed by atoms with E-state index >= 15 is 0 Å². The van der Waals surface area contributed by atoms with Gasteiger partial charge in [0.2, 0.25) is 0 Å². The van der Waals surface area contributed by atoms with Gasteiger partial charge in [-0.05, 0) is 39.8 Å². The van der Waals surface area contributed by atoms with Crippen LogP contribution in [0.4, 0.5) is 5.69 Å². The van der Waals surface area contributed by atoms with Crippen LogP contribution in [0, 0.1) is 5.41 Å². The Kier molecular flexibility index (Phi) is 3.88. The number of aliphatic carboxylic acids is 1. The van der Waals surface area contributed by atoms with E-state index in [0.717, 1.165) is 0 Å². The number of carboxylic acid groups (broad SMARTS) is 1. The Labute approximate surface area is 112 Å². The van der Waals surface area contributed by atoms with Crippen molar-refractivity contribution in [2.45, 2.75) is 33.2 Å². The monoisotopic (exact) mass is 264 g/mol. The van der Waals surface area contributed by atoms with Gasteiger partial charge >= 0.3 is 5.97 Å². The molecule has 0 spiro atoms. The number of nitrogens with two attached hydrogens (primary N) is 1. The van der Waals surface area contributed by atoms with Crippen LogP contribution in [0.25, 0.3) is 0 Å². The average Bonchev–Trinajstić information content (AvgIpc) is 2.28. The van der Waals surface area contributed by atoms with E-state index in [1.54, 1.807) is 52.0 Å². The first kappa shape index (κ1) is 15.0. The standard InChI is InChI=1S/C14H20N2O3/c1-13(2,12(18)19)14(3,4)16-10-8-6-5-7-9(10)11(15)17/h5-8,16H,1-4H3,(H2,15,17)(H,18,19). The average molecular weight is 264 g/mol. The highest BCUT2D eigenvalue weighted by Gasteiger charge is 2.43. The maximum absolute atomic E-state index is 11.4. The number of nitrogens with one attached hydrogen (secondary N) is 1. The van der Waals surface area contributed by atoms with Crippen molar-refractivity contribution in [3.05, 3.63) is 29.8 Å². The molecule has 0 aromatic heterocycles. The van der Waals surface area contributed by atoms with Crippen LogP contribution in [0.2, 0.25) is 0 Å². The van der Waals surface area contributed by atoms with Crippen LogP contribution in [0.3, 0.4) is 0 Å². The molecule has 1 aromatic carbocycles. The van der Waals surface area contributed by atoms with E-state index in [1.165, 1.54) is 0 Å². The number of carboxylic acids is 1. The van der Waals surface area contributed by atoms with E-state index in [1.807, 2.05) is 0 Å². The molecule has 5 nitrogen and oxygen atoms in total. The molecule has 1 rings (SSSR count). The molecule has 0 saturated heterocycles. The van der Waals surface area contributed by atoms with Crippen molar-refractivity contribution < 1.29 is 14.7 Å². The first-order valence-corrected chi connectivity index (χ1v) is 6.00. The van der Waals surface area contributed by atoms with Crippen molar-refractivity contribution in [2.24, 2.45) is 11.1 Å². The molecule has 0 aliphatic heterocycles. The third-order valence-electron chi connectivity index (χ3n) is 3.74. The number of primary amides is 1. The van der Waals surface area contributed by atoms with Gasteiger partial charge in [0.25, 0.3) is 5.91 Å². The summed E-state index contributed by atoms with van der Waals surface area (Å²) in [6.45, 7) is 6.82. The second-order valence-electron chi connectivity index (χ2n) is 5.59. The van der Waals surface area contributed by atoms with Gasteiger partial charge in [0, 0.05) is 11.2 Å². The summed E-state index contributed by atoms with van der Waals surface area (Å²) in [4.78, 5) is 22.7. The fourth-order valence-electron chi connectivity index (χ4n) is 1.57. The van der Waals surface area contributed by atoms with Gasteiger partial charge in [0.15, 0.2) is 0 Å². The minimum atomic E-state index is -1.02. The zero-order valence-corrected chi connectivity index (χ0v) is 11.7. The molecule has 0 atom stereocenters. The first-order chi connectivity index (χ1) is 8.59. The molecule has 0 aliphatic rings. The number of para-hydroxylation sites is 1. The van der Waals surface area contributed by atoms with Crippen LogP contribution in [-0.4, -0.2) is 22.5 Å². The van der Waals surface area contributed by atoms with Gasteiger partial charge in [-0.2, -0.15) is 0 Å². The minimum absolute atomic E-state index is 0.344. The predicted octanol–water partition coefficient (Wildman–Crippen LogP) is 2.09. The van der Waals surface area contributed by atoms with Crippen LogP contribution in [0.15, 0.2) is 24.3 Å². The van der Waals surface area contributed by atoms with Crippen molar-refractivity contribution in [1.29, 1.82) is 0 Å². The number of hydrogen-bond acceptors (Lipinski definition) is 3. The lowest BCUT2D eigenvalue weighted by Gasteiger charge is -2.40. The number of amides is 1. The van der Waals surface area contributed by atoms with E-state index < -0.39 is 22.8 Å². The number of anilines is 1. The number of rotatable bonds is 5. The molecule has 4 N–H and O–H groups in total. The number of carbonyl (C=O) groups excluding carboxylic acids is 1. The Morgan fingerprint density at radius 3 is 2.16 bits per heavy atom. The van der Waals surface area contributed by atoms with Crippen molar-refractivity contribution in [1.82, 2.24) is 0 Å². The number of hydrogen-bond donors (Lipinski definition) is 3. The largest absolute Gasteiger partial charge is 0.481 e. The second-order valence-corrected chi connectivity index (χ2v) is 5.59. The molecule has 0 saturated carbocycles. The van der Waals surface area contributed by atoms with Crippen molar-refractivity contribution >= 4 is 17.6 Å². The molecule has 1 aromatic rings. The van der Waals surface area contributed by atoms with E-state index in [0.29, 0.717) is 11.3 Å². The Hall–Kier alpha value is -2.04. The molecule has 5 heteroatoms. The van der Waals surface area contributed by atoms with Crippen LogP contribution in [0.1, 0.15) is 38.1 Å². The second kappa shape index (κ2) is 4.91. The lowest BCUT2D eigenvalue weighted by molar-refractivity contribution is -0.149. The summed E-state index contributed by atoms with van der Waals surface area (Å²) in [5.74, 6) is -1.46. The summed E-state index contributed by atoms with van der Waals surface area (Å²) in [6.07, 6.45) is 0. The fraction of sp³-hybridized carbons (Fsp3) is 0.429. The van der Waals surface area contributed by atoms with Crippen LogP contribution >= 0.6 is 0 Å². The minimum Gasteiger partial charge on any atom is -0.481 e. The Morgan fingerprint density at radius 2 is 1.68 bits per heavy atom. The molecule has 0 unspecified atom stereocenters. The van der Waals surface area contributed by atoms with E-state index in [9.17, 15) is 14.7 Å². The van der Waals surface area contributed by atoms with E-state index in [-0.39, 0.29) is 0 Å². The zero-order chi connectivity index (χ0) is 14.8. The normalized spacial score (nSPS) is 12.0. The molecular formula is C14H20N2O3. The molecular weight excluding hydrogens is 244 g/mol. The van der Waals surface area contributed by atoms with Gasteiger partial charge in [0.1, 0.15) is 0 Å². The van der Waals surface area contributed by atoms with Gasteiger partial charge in [-0.1, -0.05) is 12.1 Å². The molecule has 0 bridgehead atoms. The third kappa shape index (κ3) is 2.86. The van der Waals surface area contributed by atoms with E-state index in [4.69, 9.17) is 5.73 Å². The maximum Gasteiger partial charge on any atom is 0.311 e. The van der Waals surface area contributed by atoms with Crippen molar-refractivity contribution in [3.63, 3.8) is 0 Å². The molecule has 0 aliphatic carbocycles. The Bertz CT molecular complexity index is 507. The highest BCUT2D eigenvalue weighted by Crippen LogP contribution is 2.34. The lowest BCUT2D eigenvalue weighted by atomic mass is 9.74. The van der Waals surface area contributed by atoms with Gasteiger partial charge in [0.05, 0.1) is 11.0 Å². The summed E-state index contributed by atoms with van der Waals surface area (Å²) in [5.41, 5.74) is 4.41. The first-order valence-electron chi connectivity index (χ1n) is 6.00. The van der Waals surface area contributed by atoms with Crippen LogP contribution in [-0.2, 0) is 4.79 Å². The topological polar surface area (TPSA) is 92.4 Å². The third-order valence-corrected chi connectivity index (χ3v) is 3.74. The summed E-state index contributed by atoms with van der Waals surface area (Å²) in [5, 5.41) is 12.4. The molecule has 0 heterocycles. The lowest BCUT2D eigenvalue weighted by Crippen LogP contribution is -2.50. The Balaban J connectivity index is 3.15. The van der Waals surface area contributed by atoms with Crippen molar-refractivity contribution in [2.75, 3.05) is 5.32 Å². The molecule has 0 radical (unpaired) electrons. The highest BCUT2D eigenvalue weighted by atomic mass is 16.4. The van der Waals surface area contributed by atoms with Gasteiger partial charge in [-0.3, -0.25) is 9.59 Å². The van der Waals surface area contributed by atoms with Gasteiger partial charge in [-0.25, -0.2) is 0 Å². The summed E-state index contributed by atoms with van der Waals surface area (Å²) in [7, 11) is 0. The molecule has 104 valence electrons. The van der Waals surface area contributed by atoms with Crippen LogP contribution in [0.5, 0.6) is 0 Å². The molecule has 0 fully saturated rings. The summed E-state index contributed by atoms with van der Waals surface area (Å²) >= 11 is 0. The number of carbonyl (C=O) groups is 2. The van der Waals surface area contributed by atoms with Crippen molar-refractivity contribution in [3.8, 4) is 0 Å². The zero-order valence-electron chi connectivity index (χ0n) is 11.7.